The van der Waals surface area contributed by atoms with E-state index in [1.165, 1.54) is 4.90 Å². The summed E-state index contributed by atoms with van der Waals surface area (Å²) in [6.07, 6.45) is 0.104. The molecule has 1 heterocycles. The fourth-order valence-electron chi connectivity index (χ4n) is 3.46. The van der Waals surface area contributed by atoms with E-state index in [0.29, 0.717) is 23.6 Å². The van der Waals surface area contributed by atoms with Gasteiger partial charge in [-0.25, -0.2) is 0 Å². The molecule has 156 valence electrons. The summed E-state index contributed by atoms with van der Waals surface area (Å²) >= 11 is 0. The maximum Gasteiger partial charge on any atom is 0.240 e. The summed E-state index contributed by atoms with van der Waals surface area (Å²) in [5.41, 5.74) is 3.80. The van der Waals surface area contributed by atoms with Gasteiger partial charge in [0.15, 0.2) is 0 Å². The molecule has 0 radical (unpaired) electrons. The first-order chi connectivity index (χ1) is 15.1. The SMILES string of the molecule is COc1ccc(C2=Nc3ccccc3N(CC(=O)NCc3ccccc3)C(=O)C2)cc1. The summed E-state index contributed by atoms with van der Waals surface area (Å²) in [6.45, 7) is 0.352. The molecule has 6 heteroatoms. The average Bonchev–Trinajstić information content (AvgIpc) is 2.95. The zero-order chi connectivity index (χ0) is 21.6. The molecule has 0 aliphatic carbocycles. The van der Waals surface area contributed by atoms with Crippen molar-refractivity contribution in [1.29, 1.82) is 0 Å². The van der Waals surface area contributed by atoms with E-state index in [0.717, 1.165) is 16.9 Å². The van der Waals surface area contributed by atoms with E-state index in [4.69, 9.17) is 9.73 Å². The Labute approximate surface area is 181 Å². The number of nitrogens with one attached hydrogen (secondary N) is 1. The number of nitrogens with zero attached hydrogens (tertiary/aromatic N) is 2. The molecule has 0 spiro atoms. The van der Waals surface area contributed by atoms with Crippen LogP contribution >= 0.6 is 0 Å². The van der Waals surface area contributed by atoms with Crippen molar-refractivity contribution in [2.24, 2.45) is 4.99 Å². The van der Waals surface area contributed by atoms with E-state index in [1.54, 1.807) is 7.11 Å². The molecule has 0 fully saturated rings. The number of benzene rings is 3. The van der Waals surface area contributed by atoms with Gasteiger partial charge in [-0.15, -0.1) is 0 Å². The summed E-state index contributed by atoms with van der Waals surface area (Å²) in [7, 11) is 1.61. The van der Waals surface area contributed by atoms with Crippen LogP contribution in [0.1, 0.15) is 17.5 Å². The molecule has 0 atom stereocenters. The van der Waals surface area contributed by atoms with E-state index in [-0.39, 0.29) is 24.8 Å². The van der Waals surface area contributed by atoms with E-state index in [2.05, 4.69) is 5.32 Å². The van der Waals surface area contributed by atoms with Crippen LogP contribution in [0.3, 0.4) is 0 Å². The molecule has 2 amide bonds. The summed E-state index contributed by atoms with van der Waals surface area (Å²) < 4.78 is 5.21. The summed E-state index contributed by atoms with van der Waals surface area (Å²) in [5, 5.41) is 2.89. The Balaban J connectivity index is 1.54. The lowest BCUT2D eigenvalue weighted by Gasteiger charge is -2.22. The molecule has 0 bridgehead atoms. The van der Waals surface area contributed by atoms with Gasteiger partial charge in [-0.05, 0) is 47.5 Å². The van der Waals surface area contributed by atoms with E-state index >= 15 is 0 Å². The number of amides is 2. The minimum atomic E-state index is -0.222. The molecule has 0 aromatic heterocycles. The summed E-state index contributed by atoms with van der Waals surface area (Å²) in [5.74, 6) is 0.343. The predicted molar refractivity (Wildman–Crippen MR) is 121 cm³/mol. The topological polar surface area (TPSA) is 71.0 Å². The highest BCUT2D eigenvalue weighted by Gasteiger charge is 2.26. The van der Waals surface area contributed by atoms with Crippen molar-refractivity contribution in [3.63, 3.8) is 0 Å². The number of carbonyl (C=O) groups excluding carboxylic acids is 2. The number of carbonyl (C=O) groups is 2. The molecule has 1 aliphatic rings. The summed E-state index contributed by atoms with van der Waals surface area (Å²) in [6, 6.07) is 24.5. The second-order valence-electron chi connectivity index (χ2n) is 7.19. The molecule has 1 N–H and O–H groups in total. The first kappa shape index (κ1) is 20.3. The maximum absolute atomic E-state index is 13.1. The first-order valence-electron chi connectivity index (χ1n) is 10.1. The van der Waals surface area contributed by atoms with Crippen molar-refractivity contribution in [2.45, 2.75) is 13.0 Å². The van der Waals surface area contributed by atoms with Gasteiger partial charge in [0.2, 0.25) is 11.8 Å². The predicted octanol–water partition coefficient (Wildman–Crippen LogP) is 3.87. The molecular formula is C25H23N3O3. The van der Waals surface area contributed by atoms with E-state index < -0.39 is 0 Å². The Morgan fingerprint density at radius 1 is 1.00 bits per heavy atom. The quantitative estimate of drug-likeness (QED) is 0.667. The van der Waals surface area contributed by atoms with Crippen molar-refractivity contribution < 1.29 is 14.3 Å². The smallest absolute Gasteiger partial charge is 0.240 e. The number of rotatable bonds is 6. The number of fused-ring (bicyclic) bond motifs is 1. The Morgan fingerprint density at radius 2 is 1.71 bits per heavy atom. The normalized spacial score (nSPS) is 13.1. The second-order valence-corrected chi connectivity index (χ2v) is 7.19. The number of ether oxygens (including phenoxy) is 1. The lowest BCUT2D eigenvalue weighted by Crippen LogP contribution is -2.40. The van der Waals surface area contributed by atoms with Gasteiger partial charge in [-0.3, -0.25) is 14.6 Å². The van der Waals surface area contributed by atoms with Gasteiger partial charge in [-0.2, -0.15) is 0 Å². The zero-order valence-electron chi connectivity index (χ0n) is 17.2. The average molecular weight is 413 g/mol. The maximum atomic E-state index is 13.1. The summed E-state index contributed by atoms with van der Waals surface area (Å²) in [4.78, 5) is 32.0. The Bertz CT molecular complexity index is 1110. The van der Waals surface area contributed by atoms with E-state index in [1.807, 2.05) is 78.9 Å². The number of anilines is 1. The molecule has 0 saturated carbocycles. The lowest BCUT2D eigenvalue weighted by molar-refractivity contribution is -0.123. The highest BCUT2D eigenvalue weighted by molar-refractivity contribution is 6.18. The zero-order valence-corrected chi connectivity index (χ0v) is 17.2. The van der Waals surface area contributed by atoms with Crippen LogP contribution in [0.15, 0.2) is 83.9 Å². The first-order valence-corrected chi connectivity index (χ1v) is 10.1. The van der Waals surface area contributed by atoms with Crippen LogP contribution < -0.4 is 15.0 Å². The monoisotopic (exact) mass is 413 g/mol. The number of hydrogen-bond acceptors (Lipinski definition) is 4. The van der Waals surface area contributed by atoms with Crippen LogP contribution in [0, 0.1) is 0 Å². The highest BCUT2D eigenvalue weighted by atomic mass is 16.5. The fraction of sp³-hybridized carbons (Fsp3) is 0.160. The van der Waals surface area contributed by atoms with Gasteiger partial charge in [0.1, 0.15) is 12.3 Å². The lowest BCUT2D eigenvalue weighted by atomic mass is 10.1. The van der Waals surface area contributed by atoms with Gasteiger partial charge >= 0.3 is 0 Å². The van der Waals surface area contributed by atoms with Gasteiger partial charge in [0.05, 0.1) is 30.6 Å². The third-order valence-electron chi connectivity index (χ3n) is 5.11. The minimum absolute atomic E-state index is 0.0614. The third-order valence-corrected chi connectivity index (χ3v) is 5.11. The van der Waals surface area contributed by atoms with Crippen molar-refractivity contribution in [1.82, 2.24) is 5.32 Å². The molecule has 1 aliphatic heterocycles. The van der Waals surface area contributed by atoms with E-state index in [9.17, 15) is 9.59 Å². The number of para-hydroxylation sites is 2. The minimum Gasteiger partial charge on any atom is -0.497 e. The van der Waals surface area contributed by atoms with Crippen molar-refractivity contribution >= 4 is 28.9 Å². The van der Waals surface area contributed by atoms with Gasteiger partial charge in [0.25, 0.3) is 0 Å². The molecule has 0 unspecified atom stereocenters. The molecular weight excluding hydrogens is 390 g/mol. The highest BCUT2D eigenvalue weighted by Crippen LogP contribution is 2.33. The van der Waals surface area contributed by atoms with Gasteiger partial charge in [-0.1, -0.05) is 42.5 Å². The Kier molecular flexibility index (Phi) is 6.08. The fourth-order valence-corrected chi connectivity index (χ4v) is 3.46. The van der Waals surface area contributed by atoms with Gasteiger partial charge < -0.3 is 15.0 Å². The van der Waals surface area contributed by atoms with Crippen LogP contribution in [-0.4, -0.2) is 31.2 Å². The second kappa shape index (κ2) is 9.26. The van der Waals surface area contributed by atoms with Gasteiger partial charge in [0, 0.05) is 6.54 Å². The van der Waals surface area contributed by atoms with Crippen molar-refractivity contribution in [3.8, 4) is 5.75 Å². The standard InChI is InChI=1S/C25H23N3O3/c1-31-20-13-11-19(12-14-20)22-15-25(30)28(23-10-6-5-9-21(23)27-22)17-24(29)26-16-18-7-3-2-4-8-18/h2-14H,15-17H2,1H3,(H,26,29). The molecule has 3 aromatic carbocycles. The molecule has 0 saturated heterocycles. The van der Waals surface area contributed by atoms with Crippen LogP contribution in [0.2, 0.25) is 0 Å². The van der Waals surface area contributed by atoms with Crippen LogP contribution in [-0.2, 0) is 16.1 Å². The molecule has 4 rings (SSSR count). The van der Waals surface area contributed by atoms with Crippen LogP contribution in [0.4, 0.5) is 11.4 Å². The van der Waals surface area contributed by atoms with Crippen LogP contribution in [0.25, 0.3) is 0 Å². The number of hydrogen-bond donors (Lipinski definition) is 1. The largest absolute Gasteiger partial charge is 0.497 e. The third kappa shape index (κ3) is 4.80. The van der Waals surface area contributed by atoms with Crippen molar-refractivity contribution in [2.75, 3.05) is 18.6 Å². The Hall–Kier alpha value is -3.93. The molecule has 6 nitrogen and oxygen atoms in total. The Morgan fingerprint density at radius 3 is 2.45 bits per heavy atom. The number of methoxy groups -OCH3 is 1. The number of aliphatic imine (C=N–C) groups is 1. The molecule has 31 heavy (non-hydrogen) atoms. The molecule has 3 aromatic rings. The van der Waals surface area contributed by atoms with Crippen molar-refractivity contribution in [3.05, 3.63) is 90.0 Å². The van der Waals surface area contributed by atoms with Crippen LogP contribution in [0.5, 0.6) is 5.75 Å².